The lowest BCUT2D eigenvalue weighted by atomic mass is 10.1. The summed E-state index contributed by atoms with van der Waals surface area (Å²) in [6.45, 7) is 3.70. The van der Waals surface area contributed by atoms with Crippen LogP contribution in [0.15, 0.2) is 29.6 Å². The molecule has 0 saturated heterocycles. The minimum atomic E-state index is -0.715. The fourth-order valence-corrected chi connectivity index (χ4v) is 4.79. The number of unbranched alkanes of at least 4 members (excludes halogenated alkanes) is 1. The van der Waals surface area contributed by atoms with Crippen LogP contribution in [0.2, 0.25) is 5.02 Å². The number of carbonyl (C=O) groups is 3. The molecule has 0 fully saturated rings. The molecule has 1 aromatic carbocycles. The number of primary amides is 1. The second-order valence-electron chi connectivity index (χ2n) is 7.98. The third-order valence-electron chi connectivity index (χ3n) is 5.55. The summed E-state index contributed by atoms with van der Waals surface area (Å²) >= 11 is 7.29. The number of nitrogens with zero attached hydrogens (tertiary/aromatic N) is 2. The van der Waals surface area contributed by atoms with Gasteiger partial charge in [0.05, 0.1) is 29.1 Å². The van der Waals surface area contributed by atoms with Crippen molar-refractivity contribution < 1.29 is 23.5 Å². The molecular weight excluding hydrogens is 495 g/mol. The first-order chi connectivity index (χ1) is 16.6. The normalized spacial score (nSPS) is 11.8. The SMILES string of the molecule is COC(=O)C(CCCCn1c(-c2csc(-c3ccc(F)c(Cl)c3)n2)cc(C(N)=O)c1C)NC(C)=O. The van der Waals surface area contributed by atoms with E-state index < -0.39 is 23.7 Å². The lowest BCUT2D eigenvalue weighted by Crippen LogP contribution is -2.40. The maximum atomic E-state index is 13.5. The lowest BCUT2D eigenvalue weighted by Gasteiger charge is -2.16. The topological polar surface area (TPSA) is 116 Å². The van der Waals surface area contributed by atoms with Crippen LogP contribution in [-0.4, -0.2) is 40.5 Å². The second-order valence-corrected chi connectivity index (χ2v) is 9.25. The molecule has 11 heteroatoms. The largest absolute Gasteiger partial charge is 0.467 e. The zero-order valence-corrected chi connectivity index (χ0v) is 21.1. The number of hydrogen-bond donors (Lipinski definition) is 2. The summed E-state index contributed by atoms with van der Waals surface area (Å²) < 4.78 is 20.3. The molecule has 35 heavy (non-hydrogen) atoms. The summed E-state index contributed by atoms with van der Waals surface area (Å²) in [5, 5.41) is 5.12. The van der Waals surface area contributed by atoms with Crippen LogP contribution in [0.4, 0.5) is 4.39 Å². The van der Waals surface area contributed by atoms with Crippen molar-refractivity contribution in [2.75, 3.05) is 7.11 Å². The molecule has 2 heterocycles. The van der Waals surface area contributed by atoms with Crippen molar-refractivity contribution in [2.45, 2.75) is 45.7 Å². The van der Waals surface area contributed by atoms with E-state index in [1.165, 1.54) is 37.5 Å². The van der Waals surface area contributed by atoms with Gasteiger partial charge in [-0.1, -0.05) is 11.6 Å². The number of aromatic nitrogens is 2. The van der Waals surface area contributed by atoms with E-state index in [4.69, 9.17) is 22.1 Å². The van der Waals surface area contributed by atoms with Crippen LogP contribution in [0.25, 0.3) is 22.0 Å². The van der Waals surface area contributed by atoms with E-state index in [2.05, 4.69) is 10.3 Å². The number of thiazole rings is 1. The Bertz CT molecular complexity index is 1260. The van der Waals surface area contributed by atoms with Crippen LogP contribution in [0.3, 0.4) is 0 Å². The third kappa shape index (κ3) is 6.26. The molecule has 2 amide bonds. The van der Waals surface area contributed by atoms with Gasteiger partial charge in [-0.15, -0.1) is 11.3 Å². The van der Waals surface area contributed by atoms with E-state index in [-0.39, 0.29) is 10.9 Å². The van der Waals surface area contributed by atoms with Crippen molar-refractivity contribution in [3.63, 3.8) is 0 Å². The number of ether oxygens (including phenoxy) is 1. The average molecular weight is 521 g/mol. The number of hydrogen-bond acceptors (Lipinski definition) is 6. The van der Waals surface area contributed by atoms with E-state index in [0.29, 0.717) is 53.3 Å². The summed E-state index contributed by atoms with van der Waals surface area (Å²) in [7, 11) is 1.28. The van der Waals surface area contributed by atoms with Gasteiger partial charge in [-0.25, -0.2) is 14.2 Å². The molecule has 3 aromatic rings. The standard InChI is InChI=1S/C24H26ClFN4O4S/c1-13-16(22(27)32)11-21(20-12-35-23(29-20)15-7-8-18(26)17(25)10-15)30(13)9-5-4-6-19(24(33)34-3)28-14(2)31/h7-8,10-12,19H,4-6,9H2,1-3H3,(H2,27,32)(H,28,31). The van der Waals surface area contributed by atoms with Gasteiger partial charge in [-0.2, -0.15) is 0 Å². The van der Waals surface area contributed by atoms with Crippen molar-refractivity contribution in [2.24, 2.45) is 5.73 Å². The lowest BCUT2D eigenvalue weighted by molar-refractivity contribution is -0.145. The van der Waals surface area contributed by atoms with Crippen LogP contribution in [-0.2, 0) is 20.9 Å². The van der Waals surface area contributed by atoms with E-state index in [9.17, 15) is 18.8 Å². The highest BCUT2D eigenvalue weighted by atomic mass is 35.5. The number of carbonyl (C=O) groups excluding carboxylic acids is 3. The van der Waals surface area contributed by atoms with Crippen molar-refractivity contribution in [1.82, 2.24) is 14.9 Å². The first-order valence-electron chi connectivity index (χ1n) is 10.9. The average Bonchev–Trinajstić information content (AvgIpc) is 3.42. The van der Waals surface area contributed by atoms with Crippen LogP contribution >= 0.6 is 22.9 Å². The molecule has 0 bridgehead atoms. The fourth-order valence-electron chi connectivity index (χ4n) is 3.80. The molecule has 1 unspecified atom stereocenters. The third-order valence-corrected chi connectivity index (χ3v) is 6.73. The summed E-state index contributed by atoms with van der Waals surface area (Å²) in [4.78, 5) is 40.0. The second kappa shape index (κ2) is 11.5. The molecule has 3 rings (SSSR count). The van der Waals surface area contributed by atoms with E-state index in [0.717, 1.165) is 5.69 Å². The predicted molar refractivity (Wildman–Crippen MR) is 133 cm³/mol. The molecule has 1 atom stereocenters. The summed E-state index contributed by atoms with van der Waals surface area (Å²) in [6.07, 6.45) is 1.70. The van der Waals surface area contributed by atoms with Crippen LogP contribution in [0, 0.1) is 12.7 Å². The molecule has 3 N–H and O–H groups in total. The Labute approximate surface area is 211 Å². The Morgan fingerprint density at radius 2 is 2.03 bits per heavy atom. The van der Waals surface area contributed by atoms with Gasteiger partial charge in [-0.3, -0.25) is 9.59 Å². The zero-order valence-electron chi connectivity index (χ0n) is 19.6. The Morgan fingerprint density at radius 3 is 2.66 bits per heavy atom. The number of halogens is 2. The first-order valence-corrected chi connectivity index (χ1v) is 12.1. The zero-order chi connectivity index (χ0) is 25.7. The number of amides is 2. The molecule has 8 nitrogen and oxygen atoms in total. The van der Waals surface area contributed by atoms with Gasteiger partial charge >= 0.3 is 5.97 Å². The smallest absolute Gasteiger partial charge is 0.328 e. The number of methoxy groups -OCH3 is 1. The number of benzene rings is 1. The fraction of sp³-hybridized carbons (Fsp3) is 0.333. The Hall–Kier alpha value is -3.24. The maximum Gasteiger partial charge on any atom is 0.328 e. The van der Waals surface area contributed by atoms with Gasteiger partial charge in [0.2, 0.25) is 5.91 Å². The van der Waals surface area contributed by atoms with Gasteiger partial charge in [0.25, 0.3) is 5.91 Å². The predicted octanol–water partition coefficient (Wildman–Crippen LogP) is 4.33. The number of rotatable bonds is 10. The molecule has 0 radical (unpaired) electrons. The van der Waals surface area contributed by atoms with E-state index in [1.807, 2.05) is 16.9 Å². The highest BCUT2D eigenvalue weighted by Gasteiger charge is 2.21. The van der Waals surface area contributed by atoms with Crippen molar-refractivity contribution in [1.29, 1.82) is 0 Å². The van der Waals surface area contributed by atoms with Gasteiger partial charge in [0, 0.05) is 30.1 Å². The Kier molecular flexibility index (Phi) is 8.63. The number of nitrogens with two attached hydrogens (primary N) is 1. The highest BCUT2D eigenvalue weighted by Crippen LogP contribution is 2.33. The maximum absolute atomic E-state index is 13.5. The molecule has 0 aliphatic rings. The Morgan fingerprint density at radius 1 is 1.29 bits per heavy atom. The van der Waals surface area contributed by atoms with Gasteiger partial charge in [0.1, 0.15) is 16.9 Å². The van der Waals surface area contributed by atoms with Crippen LogP contribution in [0.1, 0.15) is 42.2 Å². The molecule has 0 spiro atoms. The van der Waals surface area contributed by atoms with Crippen molar-refractivity contribution in [3.8, 4) is 22.0 Å². The number of nitrogens with one attached hydrogen (secondary N) is 1. The first kappa shape index (κ1) is 26.4. The molecular formula is C24H26ClFN4O4S. The molecule has 2 aromatic heterocycles. The van der Waals surface area contributed by atoms with Crippen molar-refractivity contribution >= 4 is 40.7 Å². The minimum Gasteiger partial charge on any atom is -0.467 e. The minimum absolute atomic E-state index is 0.0130. The van der Waals surface area contributed by atoms with Gasteiger partial charge in [-0.05, 0) is 50.5 Å². The molecule has 186 valence electrons. The monoisotopic (exact) mass is 520 g/mol. The summed E-state index contributed by atoms with van der Waals surface area (Å²) in [5.74, 6) is -1.85. The van der Waals surface area contributed by atoms with Crippen molar-refractivity contribution in [3.05, 3.63) is 51.7 Å². The molecule has 0 aliphatic carbocycles. The number of esters is 1. The summed E-state index contributed by atoms with van der Waals surface area (Å²) in [5.41, 5.74) is 8.73. The van der Waals surface area contributed by atoms with E-state index >= 15 is 0 Å². The Balaban J connectivity index is 1.81. The van der Waals surface area contributed by atoms with Crippen LogP contribution < -0.4 is 11.1 Å². The van der Waals surface area contributed by atoms with Gasteiger partial charge in [0.15, 0.2) is 0 Å². The molecule has 0 saturated carbocycles. The quantitative estimate of drug-likeness (QED) is 0.305. The van der Waals surface area contributed by atoms with Gasteiger partial charge < -0.3 is 20.4 Å². The molecule has 0 aliphatic heterocycles. The van der Waals surface area contributed by atoms with Crippen LogP contribution in [0.5, 0.6) is 0 Å². The summed E-state index contributed by atoms with van der Waals surface area (Å²) in [6, 6.07) is 5.41. The highest BCUT2D eigenvalue weighted by molar-refractivity contribution is 7.13. The van der Waals surface area contributed by atoms with E-state index in [1.54, 1.807) is 12.1 Å².